The molecule has 12 heteroatoms. The summed E-state index contributed by atoms with van der Waals surface area (Å²) in [6.07, 6.45) is 1.27. The van der Waals surface area contributed by atoms with Crippen LogP contribution in [0.1, 0.15) is 18.2 Å². The van der Waals surface area contributed by atoms with Gasteiger partial charge in [0.15, 0.2) is 0 Å². The minimum absolute atomic E-state index is 0.0384. The summed E-state index contributed by atoms with van der Waals surface area (Å²) in [4.78, 5) is 23.2. The standard InChI is InChI=1S/C28H26N4O7S/c1-3-38-24-12-10-22(11-13-24)31(40(36,37)26-15-4-20(2)5-16-26)19-28(33)30-29-18-25-14-17-27(39-25)21-6-8-23(9-7-21)32(34)35/h4-18H,3,19H2,1-2H3,(H,30,33)/b29-18-. The number of carbonyl (C=O) groups excluding carboxylic acids is 1. The number of hydrogen-bond acceptors (Lipinski definition) is 8. The zero-order chi connectivity index (χ0) is 28.7. The fraction of sp³-hybridized carbons (Fsp3) is 0.143. The number of rotatable bonds is 11. The van der Waals surface area contributed by atoms with Crippen LogP contribution in [0.15, 0.2) is 99.3 Å². The van der Waals surface area contributed by atoms with Crippen LogP contribution in [0.3, 0.4) is 0 Å². The number of furan rings is 1. The number of non-ortho nitro benzene ring substituents is 1. The minimum atomic E-state index is -4.08. The SMILES string of the molecule is CCOc1ccc(N(CC(=O)N/N=C\c2ccc(-c3ccc([N+](=O)[O-])cc3)o2)S(=O)(=O)c2ccc(C)cc2)cc1. The Bertz CT molecular complexity index is 1610. The first-order chi connectivity index (χ1) is 19.2. The molecule has 1 amide bonds. The Hall–Kier alpha value is -4.97. The van der Waals surface area contributed by atoms with Crippen molar-refractivity contribution in [2.75, 3.05) is 17.5 Å². The molecule has 0 spiro atoms. The van der Waals surface area contributed by atoms with E-state index >= 15 is 0 Å². The predicted octanol–water partition coefficient (Wildman–Crippen LogP) is 4.91. The van der Waals surface area contributed by atoms with E-state index in [-0.39, 0.29) is 16.3 Å². The van der Waals surface area contributed by atoms with Crippen molar-refractivity contribution in [1.29, 1.82) is 0 Å². The number of carbonyl (C=O) groups is 1. The number of nitrogens with zero attached hydrogens (tertiary/aromatic N) is 3. The lowest BCUT2D eigenvalue weighted by atomic mass is 10.1. The topological polar surface area (TPSA) is 144 Å². The normalized spacial score (nSPS) is 11.3. The molecule has 0 bridgehead atoms. The van der Waals surface area contributed by atoms with Gasteiger partial charge in [-0.15, -0.1) is 0 Å². The van der Waals surface area contributed by atoms with Crippen LogP contribution in [0.2, 0.25) is 0 Å². The molecule has 0 saturated heterocycles. The average Bonchev–Trinajstić information content (AvgIpc) is 3.41. The first-order valence-electron chi connectivity index (χ1n) is 12.2. The number of nitro groups is 1. The van der Waals surface area contributed by atoms with Gasteiger partial charge in [0.25, 0.3) is 21.6 Å². The lowest BCUT2D eigenvalue weighted by molar-refractivity contribution is -0.384. The lowest BCUT2D eigenvalue weighted by Gasteiger charge is -2.24. The molecule has 206 valence electrons. The molecule has 0 saturated carbocycles. The van der Waals surface area contributed by atoms with E-state index in [4.69, 9.17) is 9.15 Å². The van der Waals surface area contributed by atoms with Crippen molar-refractivity contribution in [2.24, 2.45) is 5.10 Å². The van der Waals surface area contributed by atoms with Crippen molar-refractivity contribution in [3.05, 3.63) is 106 Å². The number of anilines is 1. The van der Waals surface area contributed by atoms with Gasteiger partial charge in [-0.25, -0.2) is 13.8 Å². The van der Waals surface area contributed by atoms with Crippen LogP contribution >= 0.6 is 0 Å². The van der Waals surface area contributed by atoms with Gasteiger partial charge in [0, 0.05) is 17.7 Å². The van der Waals surface area contributed by atoms with E-state index in [9.17, 15) is 23.3 Å². The van der Waals surface area contributed by atoms with Crippen LogP contribution in [-0.4, -0.2) is 38.6 Å². The van der Waals surface area contributed by atoms with Gasteiger partial charge in [0.2, 0.25) is 0 Å². The van der Waals surface area contributed by atoms with Crippen molar-refractivity contribution in [3.8, 4) is 17.1 Å². The fourth-order valence-corrected chi connectivity index (χ4v) is 5.11. The van der Waals surface area contributed by atoms with Crippen molar-refractivity contribution < 1.29 is 27.3 Å². The molecular formula is C28H26N4O7S. The molecule has 0 aliphatic rings. The number of ether oxygens (including phenoxy) is 1. The molecule has 0 fully saturated rings. The second-order valence-corrected chi connectivity index (χ2v) is 10.4. The molecule has 3 aromatic carbocycles. The monoisotopic (exact) mass is 562 g/mol. The Morgan fingerprint density at radius 1 is 1.02 bits per heavy atom. The minimum Gasteiger partial charge on any atom is -0.494 e. The number of nitrogens with one attached hydrogen (secondary N) is 1. The van der Waals surface area contributed by atoms with Gasteiger partial charge in [-0.05, 0) is 74.5 Å². The van der Waals surface area contributed by atoms with E-state index in [1.54, 1.807) is 60.7 Å². The highest BCUT2D eigenvalue weighted by Gasteiger charge is 2.27. The lowest BCUT2D eigenvalue weighted by Crippen LogP contribution is -2.39. The zero-order valence-corrected chi connectivity index (χ0v) is 22.5. The molecular weight excluding hydrogens is 536 g/mol. The summed E-state index contributed by atoms with van der Waals surface area (Å²) in [7, 11) is -4.08. The smallest absolute Gasteiger partial charge is 0.269 e. The fourth-order valence-electron chi connectivity index (χ4n) is 3.69. The van der Waals surface area contributed by atoms with E-state index in [1.165, 1.54) is 30.5 Å². The largest absolute Gasteiger partial charge is 0.494 e. The number of sulfonamides is 1. The van der Waals surface area contributed by atoms with Gasteiger partial charge in [0.1, 0.15) is 23.8 Å². The van der Waals surface area contributed by atoms with Crippen LogP contribution in [0.4, 0.5) is 11.4 Å². The Balaban J connectivity index is 1.48. The van der Waals surface area contributed by atoms with Crippen LogP contribution in [0, 0.1) is 17.0 Å². The van der Waals surface area contributed by atoms with E-state index in [1.807, 2.05) is 13.8 Å². The summed E-state index contributed by atoms with van der Waals surface area (Å²) in [6, 6.07) is 21.9. The summed E-state index contributed by atoms with van der Waals surface area (Å²) < 4.78 is 39.1. The van der Waals surface area contributed by atoms with Gasteiger partial charge in [-0.3, -0.25) is 19.2 Å². The highest BCUT2D eigenvalue weighted by atomic mass is 32.2. The maximum Gasteiger partial charge on any atom is 0.269 e. The molecule has 0 atom stereocenters. The first-order valence-corrected chi connectivity index (χ1v) is 13.6. The average molecular weight is 563 g/mol. The highest BCUT2D eigenvalue weighted by Crippen LogP contribution is 2.26. The Kier molecular flexibility index (Phi) is 8.60. The summed E-state index contributed by atoms with van der Waals surface area (Å²) >= 11 is 0. The van der Waals surface area contributed by atoms with Crippen molar-refractivity contribution in [3.63, 3.8) is 0 Å². The molecule has 0 aliphatic heterocycles. The van der Waals surface area contributed by atoms with E-state index in [2.05, 4.69) is 10.5 Å². The van der Waals surface area contributed by atoms with Crippen LogP contribution < -0.4 is 14.5 Å². The van der Waals surface area contributed by atoms with Crippen LogP contribution in [-0.2, 0) is 14.8 Å². The van der Waals surface area contributed by atoms with Crippen LogP contribution in [0.25, 0.3) is 11.3 Å². The number of hydrogen-bond donors (Lipinski definition) is 1. The van der Waals surface area contributed by atoms with E-state index < -0.39 is 27.4 Å². The number of amides is 1. The third-order valence-corrected chi connectivity index (χ3v) is 7.49. The zero-order valence-electron chi connectivity index (χ0n) is 21.7. The number of aryl methyl sites for hydroxylation is 1. The molecule has 1 heterocycles. The molecule has 0 unspecified atom stereocenters. The van der Waals surface area contributed by atoms with Crippen molar-refractivity contribution in [1.82, 2.24) is 5.43 Å². The first kappa shape index (κ1) is 28.0. The second kappa shape index (κ2) is 12.3. The molecule has 0 radical (unpaired) electrons. The second-order valence-electron chi connectivity index (χ2n) is 8.55. The van der Waals surface area contributed by atoms with Crippen molar-refractivity contribution >= 4 is 33.5 Å². The van der Waals surface area contributed by atoms with Crippen molar-refractivity contribution in [2.45, 2.75) is 18.7 Å². The summed E-state index contributed by atoms with van der Waals surface area (Å²) in [5.41, 5.74) is 4.09. The quantitative estimate of drug-likeness (QED) is 0.155. The third-order valence-electron chi connectivity index (χ3n) is 5.70. The molecule has 0 aliphatic carbocycles. The van der Waals surface area contributed by atoms with E-state index in [0.717, 1.165) is 9.87 Å². The summed E-state index contributed by atoms with van der Waals surface area (Å²) in [6.45, 7) is 3.61. The number of nitro benzene ring substituents is 1. The highest BCUT2D eigenvalue weighted by molar-refractivity contribution is 7.92. The van der Waals surface area contributed by atoms with Gasteiger partial charge >= 0.3 is 0 Å². The number of benzene rings is 3. The van der Waals surface area contributed by atoms with E-state index in [0.29, 0.717) is 29.4 Å². The van der Waals surface area contributed by atoms with Crippen LogP contribution in [0.5, 0.6) is 5.75 Å². The Labute approximate surface area is 230 Å². The summed E-state index contributed by atoms with van der Waals surface area (Å²) in [5.74, 6) is 0.653. The Morgan fingerprint density at radius 2 is 1.70 bits per heavy atom. The predicted molar refractivity (Wildman–Crippen MR) is 150 cm³/mol. The number of hydrazone groups is 1. The molecule has 4 aromatic rings. The van der Waals surface area contributed by atoms with Gasteiger partial charge < -0.3 is 9.15 Å². The maximum atomic E-state index is 13.5. The van der Waals surface area contributed by atoms with Gasteiger partial charge in [-0.2, -0.15) is 5.10 Å². The van der Waals surface area contributed by atoms with Gasteiger partial charge in [0.05, 0.1) is 28.3 Å². The maximum absolute atomic E-state index is 13.5. The Morgan fingerprint density at radius 3 is 2.33 bits per heavy atom. The summed E-state index contributed by atoms with van der Waals surface area (Å²) in [5, 5.41) is 14.7. The molecule has 40 heavy (non-hydrogen) atoms. The molecule has 11 nitrogen and oxygen atoms in total. The van der Waals surface area contributed by atoms with Gasteiger partial charge in [-0.1, -0.05) is 17.7 Å². The molecule has 4 rings (SSSR count). The molecule has 1 N–H and O–H groups in total. The third kappa shape index (κ3) is 6.72. The molecule has 1 aromatic heterocycles.